The van der Waals surface area contributed by atoms with Crippen molar-refractivity contribution in [2.24, 2.45) is 5.92 Å². The number of carbonyl (C=O) groups excluding carboxylic acids is 1. The van der Waals surface area contributed by atoms with E-state index in [4.69, 9.17) is 16.3 Å². The Balaban J connectivity index is 2.98. The van der Waals surface area contributed by atoms with E-state index in [1.54, 1.807) is 0 Å². The Morgan fingerprint density at radius 3 is 2.70 bits per heavy atom. The van der Waals surface area contributed by atoms with Gasteiger partial charge in [0.05, 0.1) is 24.2 Å². The van der Waals surface area contributed by atoms with Crippen LogP contribution in [0.2, 0.25) is 5.15 Å². The number of hydrogen-bond donors (Lipinski definition) is 1. The van der Waals surface area contributed by atoms with Crippen LogP contribution in [0, 0.1) is 16.0 Å². The van der Waals surface area contributed by atoms with Crippen LogP contribution in [0.15, 0.2) is 12.1 Å². The Kier molecular flexibility index (Phi) is 5.69. The fourth-order valence-electron chi connectivity index (χ4n) is 1.67. The number of nitro groups is 1. The van der Waals surface area contributed by atoms with Crippen molar-refractivity contribution < 1.29 is 14.5 Å². The molecule has 0 radical (unpaired) electrons. The van der Waals surface area contributed by atoms with Crippen LogP contribution in [0.1, 0.15) is 20.3 Å². The summed E-state index contributed by atoms with van der Waals surface area (Å²) in [6.07, 6.45) is 0.509. The molecule has 110 valence electrons. The van der Waals surface area contributed by atoms with E-state index in [-0.39, 0.29) is 22.6 Å². The summed E-state index contributed by atoms with van der Waals surface area (Å²) in [5.41, 5.74) is -0.194. The van der Waals surface area contributed by atoms with Crippen LogP contribution in [-0.4, -0.2) is 29.0 Å². The second kappa shape index (κ2) is 7.04. The van der Waals surface area contributed by atoms with E-state index < -0.39 is 16.9 Å². The first kappa shape index (κ1) is 16.2. The number of pyridine rings is 1. The average molecular weight is 302 g/mol. The average Bonchev–Trinajstić information content (AvgIpc) is 2.35. The summed E-state index contributed by atoms with van der Waals surface area (Å²) in [6.45, 7) is 3.90. The molecule has 1 heterocycles. The zero-order valence-electron chi connectivity index (χ0n) is 11.4. The van der Waals surface area contributed by atoms with Crippen molar-refractivity contribution in [2.75, 3.05) is 12.4 Å². The van der Waals surface area contributed by atoms with Crippen molar-refractivity contribution >= 4 is 29.1 Å². The number of halogens is 1. The van der Waals surface area contributed by atoms with Gasteiger partial charge < -0.3 is 10.1 Å². The molecule has 7 nitrogen and oxygen atoms in total. The molecule has 1 aromatic rings. The smallest absolute Gasteiger partial charge is 0.328 e. The van der Waals surface area contributed by atoms with E-state index in [9.17, 15) is 14.9 Å². The highest BCUT2D eigenvalue weighted by Crippen LogP contribution is 2.22. The first-order valence-electron chi connectivity index (χ1n) is 5.99. The monoisotopic (exact) mass is 301 g/mol. The van der Waals surface area contributed by atoms with Gasteiger partial charge in [-0.15, -0.1) is 0 Å². The Morgan fingerprint density at radius 2 is 2.20 bits per heavy atom. The van der Waals surface area contributed by atoms with E-state index in [2.05, 4.69) is 10.3 Å². The van der Waals surface area contributed by atoms with Crippen molar-refractivity contribution in [2.45, 2.75) is 26.3 Å². The Bertz CT molecular complexity index is 507. The summed E-state index contributed by atoms with van der Waals surface area (Å²) in [4.78, 5) is 25.8. The highest BCUT2D eigenvalue weighted by Gasteiger charge is 2.22. The minimum absolute atomic E-state index is 0.0186. The van der Waals surface area contributed by atoms with Crippen molar-refractivity contribution in [3.63, 3.8) is 0 Å². The number of aromatic nitrogens is 1. The number of nitrogens with zero attached hydrogens (tertiary/aromatic N) is 2. The number of hydrogen-bond acceptors (Lipinski definition) is 6. The molecule has 8 heteroatoms. The van der Waals surface area contributed by atoms with Gasteiger partial charge in [0.25, 0.3) is 5.69 Å². The third kappa shape index (κ3) is 4.65. The maximum absolute atomic E-state index is 11.7. The summed E-state index contributed by atoms with van der Waals surface area (Å²) in [6, 6.07) is 1.73. The van der Waals surface area contributed by atoms with Crippen LogP contribution in [-0.2, 0) is 9.53 Å². The molecular formula is C12H16ClN3O4. The predicted molar refractivity (Wildman–Crippen MR) is 74.8 cm³/mol. The van der Waals surface area contributed by atoms with E-state index >= 15 is 0 Å². The minimum atomic E-state index is -0.634. The molecule has 0 aliphatic heterocycles. The van der Waals surface area contributed by atoms with Crippen LogP contribution in [0.3, 0.4) is 0 Å². The lowest BCUT2D eigenvalue weighted by molar-refractivity contribution is -0.384. The van der Waals surface area contributed by atoms with Crippen molar-refractivity contribution in [3.05, 3.63) is 27.4 Å². The number of esters is 1. The lowest BCUT2D eigenvalue weighted by Gasteiger charge is -2.18. The van der Waals surface area contributed by atoms with Gasteiger partial charge >= 0.3 is 5.97 Å². The lowest BCUT2D eigenvalue weighted by Crippen LogP contribution is -2.32. The summed E-state index contributed by atoms with van der Waals surface area (Å²) >= 11 is 5.72. The number of methoxy groups -OCH3 is 1. The zero-order valence-corrected chi connectivity index (χ0v) is 12.2. The Hall–Kier alpha value is -1.89. The molecule has 1 aromatic heterocycles. The van der Waals surface area contributed by atoms with Gasteiger partial charge in [-0.1, -0.05) is 25.4 Å². The number of anilines is 1. The third-order valence-electron chi connectivity index (χ3n) is 2.50. The second-order valence-electron chi connectivity index (χ2n) is 4.64. The standard InChI is InChI=1S/C12H16ClN3O4/c1-7(2)4-9(12(17)20-3)14-11-6-8(16(18)19)5-10(13)15-11/h5-7,9H,4H2,1-3H3,(H,14,15). The quantitative estimate of drug-likeness (QED) is 0.376. The van der Waals surface area contributed by atoms with Crippen LogP contribution in [0.5, 0.6) is 0 Å². The molecule has 1 N–H and O–H groups in total. The molecule has 1 rings (SSSR count). The second-order valence-corrected chi connectivity index (χ2v) is 5.03. The molecule has 20 heavy (non-hydrogen) atoms. The molecular weight excluding hydrogens is 286 g/mol. The topological polar surface area (TPSA) is 94.4 Å². The van der Waals surface area contributed by atoms with Gasteiger partial charge in [0.1, 0.15) is 17.0 Å². The SMILES string of the molecule is COC(=O)C(CC(C)C)Nc1cc([N+](=O)[O-])cc(Cl)n1. The van der Waals surface area contributed by atoms with E-state index in [1.807, 2.05) is 13.8 Å². The van der Waals surface area contributed by atoms with Gasteiger partial charge in [-0.25, -0.2) is 9.78 Å². The van der Waals surface area contributed by atoms with Gasteiger partial charge in [0, 0.05) is 0 Å². The fraction of sp³-hybridized carbons (Fsp3) is 0.500. The Labute approximate surface area is 121 Å². The molecule has 0 aromatic carbocycles. The summed E-state index contributed by atoms with van der Waals surface area (Å²) in [7, 11) is 1.28. The molecule has 0 fully saturated rings. The van der Waals surface area contributed by atoms with Crippen LogP contribution in [0.4, 0.5) is 11.5 Å². The van der Waals surface area contributed by atoms with Crippen LogP contribution >= 0.6 is 11.6 Å². The highest BCUT2D eigenvalue weighted by molar-refractivity contribution is 6.29. The van der Waals surface area contributed by atoms with Gasteiger partial charge in [-0.2, -0.15) is 0 Å². The predicted octanol–water partition coefficient (Wildman–Crippen LogP) is 2.64. The van der Waals surface area contributed by atoms with E-state index in [1.165, 1.54) is 13.2 Å². The molecule has 0 spiro atoms. The fourth-order valence-corrected chi connectivity index (χ4v) is 1.87. The van der Waals surface area contributed by atoms with Crippen LogP contribution in [0.25, 0.3) is 0 Å². The molecule has 1 unspecified atom stereocenters. The van der Waals surface area contributed by atoms with Crippen molar-refractivity contribution in [3.8, 4) is 0 Å². The van der Waals surface area contributed by atoms with E-state index in [0.29, 0.717) is 6.42 Å². The van der Waals surface area contributed by atoms with Crippen LogP contribution < -0.4 is 5.32 Å². The Morgan fingerprint density at radius 1 is 1.55 bits per heavy atom. The normalized spacial score (nSPS) is 12.1. The van der Waals surface area contributed by atoms with Gasteiger partial charge in [-0.05, 0) is 12.3 Å². The number of carbonyl (C=O) groups is 1. The molecule has 0 aliphatic rings. The maximum Gasteiger partial charge on any atom is 0.328 e. The zero-order chi connectivity index (χ0) is 15.3. The van der Waals surface area contributed by atoms with Gasteiger partial charge in [0.2, 0.25) is 0 Å². The number of rotatable bonds is 6. The maximum atomic E-state index is 11.7. The van der Waals surface area contributed by atoms with Gasteiger partial charge in [0.15, 0.2) is 0 Å². The number of nitrogens with one attached hydrogen (secondary N) is 1. The molecule has 0 bridgehead atoms. The highest BCUT2D eigenvalue weighted by atomic mass is 35.5. The van der Waals surface area contributed by atoms with Gasteiger partial charge in [-0.3, -0.25) is 10.1 Å². The largest absolute Gasteiger partial charge is 0.467 e. The molecule has 0 amide bonds. The molecule has 0 saturated heterocycles. The van der Waals surface area contributed by atoms with E-state index in [0.717, 1.165) is 6.07 Å². The minimum Gasteiger partial charge on any atom is -0.467 e. The first-order chi connectivity index (χ1) is 9.33. The molecule has 0 aliphatic carbocycles. The summed E-state index contributed by atoms with van der Waals surface area (Å²) in [5.74, 6) is -0.0517. The number of ether oxygens (including phenoxy) is 1. The van der Waals surface area contributed by atoms with Crippen molar-refractivity contribution in [1.82, 2.24) is 4.98 Å². The summed E-state index contributed by atoms with van der Waals surface area (Å²) in [5, 5.41) is 13.6. The lowest BCUT2D eigenvalue weighted by atomic mass is 10.0. The molecule has 1 atom stereocenters. The molecule has 0 saturated carbocycles. The summed E-state index contributed by atoms with van der Waals surface area (Å²) < 4.78 is 4.70. The van der Waals surface area contributed by atoms with Crippen molar-refractivity contribution in [1.29, 1.82) is 0 Å². The first-order valence-corrected chi connectivity index (χ1v) is 6.37. The third-order valence-corrected chi connectivity index (χ3v) is 2.70.